The molecule has 3 aliphatic heterocycles. The molecule has 4 nitrogen and oxygen atoms in total. The van der Waals surface area contributed by atoms with Crippen molar-refractivity contribution in [2.75, 3.05) is 19.6 Å². The highest BCUT2D eigenvalue weighted by Gasteiger charge is 2.34. The minimum Gasteiger partial charge on any atom is -0.348 e. The SMILES string of the molecule is Cl.O=C(N[C@H]1CN2CCC1CC2)c1ccc2scnc2c1. The van der Waals surface area contributed by atoms with Crippen LogP contribution in [0.3, 0.4) is 0 Å². The van der Waals surface area contributed by atoms with E-state index in [1.54, 1.807) is 11.3 Å². The predicted molar refractivity (Wildman–Crippen MR) is 87.3 cm³/mol. The van der Waals surface area contributed by atoms with E-state index >= 15 is 0 Å². The molecule has 5 rings (SSSR count). The predicted octanol–water partition coefficient (Wildman–Crippen LogP) is 2.54. The molecule has 112 valence electrons. The lowest BCUT2D eigenvalue weighted by Gasteiger charge is -2.44. The minimum atomic E-state index is 0. The van der Waals surface area contributed by atoms with Gasteiger partial charge in [0, 0.05) is 18.2 Å². The highest BCUT2D eigenvalue weighted by molar-refractivity contribution is 7.16. The Balaban J connectivity index is 0.00000132. The second-order valence-electron chi connectivity index (χ2n) is 5.75. The lowest BCUT2D eigenvalue weighted by molar-refractivity contribution is 0.0620. The van der Waals surface area contributed by atoms with Crippen molar-refractivity contribution in [3.63, 3.8) is 0 Å². The van der Waals surface area contributed by atoms with Crippen LogP contribution in [0.25, 0.3) is 10.2 Å². The van der Waals surface area contributed by atoms with Crippen molar-refractivity contribution in [3.8, 4) is 0 Å². The van der Waals surface area contributed by atoms with E-state index in [2.05, 4.69) is 15.2 Å². The molecule has 1 aromatic heterocycles. The fraction of sp³-hybridized carbons (Fsp3) is 0.467. The number of fused-ring (bicyclic) bond motifs is 4. The zero-order valence-electron chi connectivity index (χ0n) is 11.6. The normalized spacial score (nSPS) is 27.3. The van der Waals surface area contributed by atoms with Crippen LogP contribution in [0, 0.1) is 5.92 Å². The second-order valence-corrected chi connectivity index (χ2v) is 6.64. The molecule has 1 amide bonds. The first kappa shape index (κ1) is 14.8. The summed E-state index contributed by atoms with van der Waals surface area (Å²) in [6.45, 7) is 3.40. The highest BCUT2D eigenvalue weighted by Crippen LogP contribution is 2.27. The average Bonchev–Trinajstić information content (AvgIpc) is 2.96. The number of amides is 1. The Labute approximate surface area is 134 Å². The fourth-order valence-corrected chi connectivity index (χ4v) is 4.04. The van der Waals surface area contributed by atoms with E-state index < -0.39 is 0 Å². The minimum absolute atomic E-state index is 0. The average molecular weight is 324 g/mol. The van der Waals surface area contributed by atoms with Crippen molar-refractivity contribution in [2.24, 2.45) is 5.92 Å². The van der Waals surface area contributed by atoms with Crippen LogP contribution < -0.4 is 5.32 Å². The largest absolute Gasteiger partial charge is 0.348 e. The summed E-state index contributed by atoms with van der Waals surface area (Å²) < 4.78 is 1.13. The van der Waals surface area contributed by atoms with Gasteiger partial charge in [-0.15, -0.1) is 23.7 Å². The number of carbonyl (C=O) groups is 1. The smallest absolute Gasteiger partial charge is 0.251 e. The van der Waals surface area contributed by atoms with Crippen LogP contribution in [0.5, 0.6) is 0 Å². The molecular weight excluding hydrogens is 306 g/mol. The van der Waals surface area contributed by atoms with Gasteiger partial charge >= 0.3 is 0 Å². The van der Waals surface area contributed by atoms with Crippen LogP contribution in [-0.4, -0.2) is 41.5 Å². The standard InChI is InChI=1S/C15H17N3OS.ClH/c19-15(11-1-2-14-12(7-11)16-9-20-14)17-13-8-18-5-3-10(13)4-6-18;/h1-2,7,9-10,13H,3-6,8H2,(H,17,19);1H/t13-;/m0./s1. The molecule has 0 radical (unpaired) electrons. The van der Waals surface area contributed by atoms with Gasteiger partial charge in [-0.2, -0.15) is 0 Å². The lowest BCUT2D eigenvalue weighted by Crippen LogP contribution is -2.57. The number of nitrogens with one attached hydrogen (secondary N) is 1. The zero-order valence-corrected chi connectivity index (χ0v) is 13.3. The molecule has 3 saturated heterocycles. The van der Waals surface area contributed by atoms with Crippen LogP contribution >= 0.6 is 23.7 Å². The van der Waals surface area contributed by atoms with E-state index in [1.807, 2.05) is 23.7 Å². The summed E-state index contributed by atoms with van der Waals surface area (Å²) in [5, 5.41) is 3.22. The molecule has 0 saturated carbocycles. The molecule has 2 bridgehead atoms. The molecule has 0 aliphatic carbocycles. The summed E-state index contributed by atoms with van der Waals surface area (Å²) in [5.41, 5.74) is 3.45. The van der Waals surface area contributed by atoms with Crippen LogP contribution in [-0.2, 0) is 0 Å². The number of carbonyl (C=O) groups excluding carboxylic acids is 1. The van der Waals surface area contributed by atoms with Gasteiger partial charge in [0.2, 0.25) is 0 Å². The molecule has 1 atom stereocenters. The van der Waals surface area contributed by atoms with Gasteiger partial charge in [-0.3, -0.25) is 4.79 Å². The van der Waals surface area contributed by atoms with Crippen molar-refractivity contribution in [1.29, 1.82) is 0 Å². The van der Waals surface area contributed by atoms with Crippen LogP contribution in [0.4, 0.5) is 0 Å². The Kier molecular flexibility index (Phi) is 4.15. The number of benzene rings is 1. The number of halogens is 1. The molecule has 3 fully saturated rings. The Morgan fingerprint density at radius 3 is 2.86 bits per heavy atom. The molecule has 1 N–H and O–H groups in total. The first-order valence-electron chi connectivity index (χ1n) is 7.16. The van der Waals surface area contributed by atoms with Gasteiger partial charge in [0.05, 0.1) is 15.7 Å². The number of thiazole rings is 1. The second kappa shape index (κ2) is 5.91. The molecule has 0 unspecified atom stereocenters. The van der Waals surface area contributed by atoms with Crippen molar-refractivity contribution >= 4 is 39.9 Å². The summed E-state index contributed by atoms with van der Waals surface area (Å²) in [6.07, 6.45) is 2.44. The lowest BCUT2D eigenvalue weighted by atomic mass is 9.84. The summed E-state index contributed by atoms with van der Waals surface area (Å²) in [5.74, 6) is 0.700. The van der Waals surface area contributed by atoms with E-state index in [0.29, 0.717) is 12.0 Å². The van der Waals surface area contributed by atoms with E-state index in [-0.39, 0.29) is 18.3 Å². The van der Waals surface area contributed by atoms with Crippen LogP contribution in [0.2, 0.25) is 0 Å². The Hall–Kier alpha value is -1.17. The van der Waals surface area contributed by atoms with E-state index in [9.17, 15) is 4.79 Å². The summed E-state index contributed by atoms with van der Waals surface area (Å²) in [7, 11) is 0. The van der Waals surface area contributed by atoms with Gasteiger partial charge in [0.25, 0.3) is 5.91 Å². The maximum Gasteiger partial charge on any atom is 0.251 e. The van der Waals surface area contributed by atoms with E-state index in [0.717, 1.165) is 22.3 Å². The summed E-state index contributed by atoms with van der Waals surface area (Å²) in [4.78, 5) is 19.1. The van der Waals surface area contributed by atoms with Gasteiger partial charge in [-0.25, -0.2) is 4.98 Å². The van der Waals surface area contributed by atoms with Crippen molar-refractivity contribution < 1.29 is 4.79 Å². The molecule has 1 aromatic carbocycles. The monoisotopic (exact) mass is 323 g/mol. The number of hydrogen-bond acceptors (Lipinski definition) is 4. The van der Waals surface area contributed by atoms with Gasteiger partial charge in [0.15, 0.2) is 0 Å². The van der Waals surface area contributed by atoms with Gasteiger partial charge < -0.3 is 10.2 Å². The van der Waals surface area contributed by atoms with E-state index in [1.165, 1.54) is 25.9 Å². The maximum atomic E-state index is 12.4. The Bertz CT molecular complexity index is 651. The maximum absolute atomic E-state index is 12.4. The Morgan fingerprint density at radius 2 is 2.14 bits per heavy atom. The highest BCUT2D eigenvalue weighted by atomic mass is 35.5. The molecule has 0 spiro atoms. The summed E-state index contributed by atoms with van der Waals surface area (Å²) in [6, 6.07) is 6.09. The first-order chi connectivity index (χ1) is 9.79. The van der Waals surface area contributed by atoms with Gasteiger partial charge in [-0.05, 0) is 50.0 Å². The molecule has 3 aliphatic rings. The first-order valence-corrected chi connectivity index (χ1v) is 8.04. The number of aromatic nitrogens is 1. The molecule has 2 aromatic rings. The topological polar surface area (TPSA) is 45.2 Å². The summed E-state index contributed by atoms with van der Waals surface area (Å²) >= 11 is 1.60. The number of rotatable bonds is 2. The van der Waals surface area contributed by atoms with Crippen LogP contribution in [0.1, 0.15) is 23.2 Å². The quantitative estimate of drug-likeness (QED) is 0.923. The molecule has 6 heteroatoms. The third kappa shape index (κ3) is 2.78. The van der Waals surface area contributed by atoms with Crippen LogP contribution in [0.15, 0.2) is 23.7 Å². The zero-order chi connectivity index (χ0) is 13.5. The number of piperidine rings is 3. The molecule has 4 heterocycles. The third-order valence-corrected chi connectivity index (χ3v) is 5.38. The fourth-order valence-electron chi connectivity index (χ4n) is 3.38. The van der Waals surface area contributed by atoms with Crippen molar-refractivity contribution in [1.82, 2.24) is 15.2 Å². The third-order valence-electron chi connectivity index (χ3n) is 4.57. The van der Waals surface area contributed by atoms with Crippen molar-refractivity contribution in [2.45, 2.75) is 18.9 Å². The van der Waals surface area contributed by atoms with Gasteiger partial charge in [-0.1, -0.05) is 0 Å². The Morgan fingerprint density at radius 1 is 1.33 bits per heavy atom. The van der Waals surface area contributed by atoms with Crippen molar-refractivity contribution in [3.05, 3.63) is 29.3 Å². The van der Waals surface area contributed by atoms with E-state index in [4.69, 9.17) is 0 Å². The number of nitrogens with zero attached hydrogens (tertiary/aromatic N) is 2. The van der Waals surface area contributed by atoms with Gasteiger partial charge in [0.1, 0.15) is 0 Å². The molecule has 21 heavy (non-hydrogen) atoms. The number of hydrogen-bond donors (Lipinski definition) is 1. The molecular formula is C15H18ClN3OS.